The third-order valence-electron chi connectivity index (χ3n) is 3.86. The summed E-state index contributed by atoms with van der Waals surface area (Å²) in [6.07, 6.45) is 0. The van der Waals surface area contributed by atoms with Crippen LogP contribution >= 0.6 is 11.6 Å². The molecule has 0 aromatic heterocycles. The van der Waals surface area contributed by atoms with Crippen LogP contribution in [-0.4, -0.2) is 13.2 Å². The summed E-state index contributed by atoms with van der Waals surface area (Å²) in [5, 5.41) is 4.20. The Balaban J connectivity index is 1.42. The molecule has 4 heteroatoms. The zero-order valence-electron chi connectivity index (χ0n) is 14.5. The van der Waals surface area contributed by atoms with E-state index in [4.69, 9.17) is 21.1 Å². The molecule has 0 radical (unpaired) electrons. The molecule has 0 amide bonds. The highest BCUT2D eigenvalue weighted by Crippen LogP contribution is 2.16. The first-order valence-electron chi connectivity index (χ1n) is 8.65. The predicted molar refractivity (Wildman–Crippen MR) is 106 cm³/mol. The lowest BCUT2D eigenvalue weighted by Crippen LogP contribution is -2.13. The summed E-state index contributed by atoms with van der Waals surface area (Å²) in [4.78, 5) is 0. The van der Waals surface area contributed by atoms with Crippen molar-refractivity contribution in [3.8, 4) is 11.5 Å². The van der Waals surface area contributed by atoms with Crippen LogP contribution in [0.15, 0.2) is 78.9 Å². The number of hydrogen-bond donors (Lipinski definition) is 1. The topological polar surface area (TPSA) is 30.5 Å². The molecule has 0 heterocycles. The van der Waals surface area contributed by atoms with Gasteiger partial charge in [-0.1, -0.05) is 60.1 Å². The summed E-state index contributed by atoms with van der Waals surface area (Å²) in [7, 11) is 0. The first-order chi connectivity index (χ1) is 12.8. The Morgan fingerprint density at radius 2 is 1.38 bits per heavy atom. The van der Waals surface area contributed by atoms with E-state index in [1.165, 1.54) is 5.56 Å². The largest absolute Gasteiger partial charge is 0.490 e. The number of nitrogens with one attached hydrogen (secondary N) is 1. The molecule has 0 atom stereocenters. The van der Waals surface area contributed by atoms with Gasteiger partial charge in [0.15, 0.2) is 0 Å². The fraction of sp³-hybridized carbons (Fsp3) is 0.182. The van der Waals surface area contributed by atoms with Gasteiger partial charge in [-0.2, -0.15) is 0 Å². The van der Waals surface area contributed by atoms with Crippen LogP contribution in [0.5, 0.6) is 11.5 Å². The Bertz CT molecular complexity index is 808. The summed E-state index contributed by atoms with van der Waals surface area (Å²) in [6, 6.07) is 25.7. The average molecular weight is 368 g/mol. The molecular weight excluding hydrogens is 346 g/mol. The summed E-state index contributed by atoms with van der Waals surface area (Å²) in [5.41, 5.74) is 2.26. The Hall–Kier alpha value is -2.49. The summed E-state index contributed by atoms with van der Waals surface area (Å²) in [5.74, 6) is 1.70. The van der Waals surface area contributed by atoms with Crippen molar-refractivity contribution in [1.29, 1.82) is 0 Å². The highest BCUT2D eigenvalue weighted by Gasteiger charge is 2.01. The van der Waals surface area contributed by atoms with E-state index in [1.54, 1.807) is 0 Å². The number of rotatable bonds is 9. The lowest BCUT2D eigenvalue weighted by atomic mass is 10.2. The summed E-state index contributed by atoms with van der Waals surface area (Å²) in [6.45, 7) is 2.50. The minimum Gasteiger partial charge on any atom is -0.490 e. The van der Waals surface area contributed by atoms with Crippen molar-refractivity contribution >= 4 is 11.6 Å². The van der Waals surface area contributed by atoms with Crippen molar-refractivity contribution in [3.63, 3.8) is 0 Å². The van der Waals surface area contributed by atoms with E-state index in [-0.39, 0.29) is 0 Å². The van der Waals surface area contributed by atoms with Crippen LogP contribution in [0.2, 0.25) is 5.02 Å². The molecule has 1 N–H and O–H groups in total. The van der Waals surface area contributed by atoms with Crippen molar-refractivity contribution in [1.82, 2.24) is 5.32 Å². The minimum atomic E-state index is 0.505. The van der Waals surface area contributed by atoms with Gasteiger partial charge in [0, 0.05) is 18.1 Å². The molecule has 3 aromatic carbocycles. The van der Waals surface area contributed by atoms with Crippen molar-refractivity contribution < 1.29 is 9.47 Å². The molecule has 3 nitrogen and oxygen atoms in total. The van der Waals surface area contributed by atoms with Gasteiger partial charge in [-0.05, 0) is 41.5 Å². The van der Waals surface area contributed by atoms with Crippen LogP contribution in [0.4, 0.5) is 0 Å². The van der Waals surface area contributed by atoms with Crippen LogP contribution < -0.4 is 14.8 Å². The summed E-state index contributed by atoms with van der Waals surface area (Å²) < 4.78 is 11.4. The SMILES string of the molecule is Clc1ccccc1CNCc1cccc(OCCOc2ccccc2)c1. The Morgan fingerprint density at radius 3 is 2.19 bits per heavy atom. The zero-order chi connectivity index (χ0) is 18.0. The fourth-order valence-electron chi connectivity index (χ4n) is 2.56. The van der Waals surface area contributed by atoms with Gasteiger partial charge in [0.05, 0.1) is 0 Å². The average Bonchev–Trinajstić information content (AvgIpc) is 2.68. The Labute approximate surface area is 159 Å². The number of para-hydroxylation sites is 1. The number of halogens is 1. The zero-order valence-corrected chi connectivity index (χ0v) is 15.3. The minimum absolute atomic E-state index is 0.505. The van der Waals surface area contributed by atoms with Gasteiger partial charge in [0.2, 0.25) is 0 Å². The van der Waals surface area contributed by atoms with Crippen LogP contribution in [-0.2, 0) is 13.1 Å². The maximum atomic E-state index is 6.17. The van der Waals surface area contributed by atoms with Crippen LogP contribution in [0.25, 0.3) is 0 Å². The molecule has 0 spiro atoms. The van der Waals surface area contributed by atoms with Crippen molar-refractivity contribution in [3.05, 3.63) is 95.0 Å². The fourth-order valence-corrected chi connectivity index (χ4v) is 2.77. The molecule has 0 aliphatic carbocycles. The van der Waals surface area contributed by atoms with Gasteiger partial charge in [-0.25, -0.2) is 0 Å². The molecule has 0 aliphatic rings. The number of benzene rings is 3. The molecule has 0 saturated carbocycles. The maximum Gasteiger partial charge on any atom is 0.122 e. The Morgan fingerprint density at radius 1 is 0.692 bits per heavy atom. The second kappa shape index (κ2) is 9.85. The van der Waals surface area contributed by atoms with E-state index in [1.807, 2.05) is 72.8 Å². The van der Waals surface area contributed by atoms with Crippen molar-refractivity contribution in [2.75, 3.05) is 13.2 Å². The lowest BCUT2D eigenvalue weighted by molar-refractivity contribution is 0.217. The van der Waals surface area contributed by atoms with Crippen LogP contribution in [0, 0.1) is 0 Å². The molecule has 0 fully saturated rings. The van der Waals surface area contributed by atoms with E-state index in [2.05, 4.69) is 11.4 Å². The smallest absolute Gasteiger partial charge is 0.122 e. The maximum absolute atomic E-state index is 6.17. The molecule has 26 heavy (non-hydrogen) atoms. The van der Waals surface area contributed by atoms with Gasteiger partial charge >= 0.3 is 0 Å². The Kier molecular flexibility index (Phi) is 6.94. The number of hydrogen-bond acceptors (Lipinski definition) is 3. The molecular formula is C22H22ClNO2. The predicted octanol–water partition coefficient (Wildman–Crippen LogP) is 5.09. The molecule has 3 rings (SSSR count). The van der Waals surface area contributed by atoms with Crippen LogP contribution in [0.3, 0.4) is 0 Å². The standard InChI is InChI=1S/C22H22ClNO2/c23-22-12-5-4-8-19(22)17-24-16-18-7-6-11-21(15-18)26-14-13-25-20-9-2-1-3-10-20/h1-12,15,24H,13-14,16-17H2. The second-order valence-corrected chi connectivity index (χ2v) is 6.26. The molecule has 0 unspecified atom stereocenters. The molecule has 0 aliphatic heterocycles. The second-order valence-electron chi connectivity index (χ2n) is 5.85. The highest BCUT2D eigenvalue weighted by atomic mass is 35.5. The van der Waals surface area contributed by atoms with Crippen molar-refractivity contribution in [2.24, 2.45) is 0 Å². The van der Waals surface area contributed by atoms with Crippen molar-refractivity contribution in [2.45, 2.75) is 13.1 Å². The van der Waals surface area contributed by atoms with E-state index in [9.17, 15) is 0 Å². The highest BCUT2D eigenvalue weighted by molar-refractivity contribution is 6.31. The normalized spacial score (nSPS) is 10.5. The van der Waals surface area contributed by atoms with E-state index >= 15 is 0 Å². The molecule has 3 aromatic rings. The summed E-state index contributed by atoms with van der Waals surface area (Å²) >= 11 is 6.17. The van der Waals surface area contributed by atoms with E-state index < -0.39 is 0 Å². The van der Waals surface area contributed by atoms with Gasteiger partial charge in [0.25, 0.3) is 0 Å². The van der Waals surface area contributed by atoms with E-state index in [0.29, 0.717) is 13.2 Å². The van der Waals surface area contributed by atoms with E-state index in [0.717, 1.165) is 35.2 Å². The van der Waals surface area contributed by atoms with Gasteiger partial charge < -0.3 is 14.8 Å². The number of ether oxygens (including phenoxy) is 2. The first-order valence-corrected chi connectivity index (χ1v) is 9.03. The first kappa shape index (κ1) is 18.3. The quantitative estimate of drug-likeness (QED) is 0.534. The third kappa shape index (κ3) is 5.80. The van der Waals surface area contributed by atoms with Gasteiger partial charge in [-0.15, -0.1) is 0 Å². The van der Waals surface area contributed by atoms with Gasteiger partial charge in [0.1, 0.15) is 24.7 Å². The monoisotopic (exact) mass is 367 g/mol. The molecule has 0 bridgehead atoms. The molecule has 134 valence electrons. The van der Waals surface area contributed by atoms with Gasteiger partial charge in [-0.3, -0.25) is 0 Å². The molecule has 0 saturated heterocycles. The van der Waals surface area contributed by atoms with Crippen LogP contribution in [0.1, 0.15) is 11.1 Å². The lowest BCUT2D eigenvalue weighted by Gasteiger charge is -2.10. The third-order valence-corrected chi connectivity index (χ3v) is 4.23.